The van der Waals surface area contributed by atoms with Gasteiger partial charge in [0.05, 0.1) is 19.9 Å². The summed E-state index contributed by atoms with van der Waals surface area (Å²) in [5.41, 5.74) is 9.18. The van der Waals surface area contributed by atoms with Gasteiger partial charge in [0.2, 0.25) is 5.82 Å². The Morgan fingerprint density at radius 1 is 1.36 bits per heavy atom. The van der Waals surface area contributed by atoms with Crippen LogP contribution in [0.5, 0.6) is 0 Å². The van der Waals surface area contributed by atoms with E-state index in [9.17, 15) is 9.59 Å². The van der Waals surface area contributed by atoms with E-state index in [1.54, 1.807) is 18.3 Å². The summed E-state index contributed by atoms with van der Waals surface area (Å²) in [6.07, 6.45) is 1.84. The summed E-state index contributed by atoms with van der Waals surface area (Å²) in [4.78, 5) is 30.3. The number of nitrogens with zero attached hydrogens (tertiary/aromatic N) is 7. The Kier molecular flexibility index (Phi) is 6.07. The highest BCUT2D eigenvalue weighted by Crippen LogP contribution is 2.19. The van der Waals surface area contributed by atoms with Crippen molar-refractivity contribution in [1.29, 1.82) is 0 Å². The second-order valence-electron chi connectivity index (χ2n) is 4.88. The predicted molar refractivity (Wildman–Crippen MR) is 82.8 cm³/mol. The van der Waals surface area contributed by atoms with Crippen LogP contribution in [-0.2, 0) is 19.1 Å². The number of nitrogens with one attached hydrogen (secondary N) is 1. The minimum atomic E-state index is -1.06. The van der Waals surface area contributed by atoms with Gasteiger partial charge in [0.25, 0.3) is 0 Å². The van der Waals surface area contributed by atoms with Gasteiger partial charge < -0.3 is 14.5 Å². The Hall–Kier alpha value is -3.40. The zero-order chi connectivity index (χ0) is 18.2. The zero-order valence-electron chi connectivity index (χ0n) is 13.6. The van der Waals surface area contributed by atoms with Crippen LogP contribution in [0, 0.1) is 0 Å². The first-order valence-corrected chi connectivity index (χ1v) is 7.23. The van der Waals surface area contributed by atoms with E-state index >= 15 is 0 Å². The molecule has 0 saturated carbocycles. The monoisotopic (exact) mass is 348 g/mol. The molecule has 0 bridgehead atoms. The molecule has 12 heteroatoms. The summed E-state index contributed by atoms with van der Waals surface area (Å²) in [7, 11) is 2.41. The fraction of sp³-hybridized carbons (Fsp3) is 0.462. The maximum absolute atomic E-state index is 12.0. The quantitative estimate of drug-likeness (QED) is 0.322. The normalized spacial score (nSPS) is 12.7. The van der Waals surface area contributed by atoms with Gasteiger partial charge >= 0.3 is 11.9 Å². The number of aromatic nitrogens is 5. The van der Waals surface area contributed by atoms with E-state index in [-0.39, 0.29) is 12.8 Å². The Bertz CT molecular complexity index is 765. The molecule has 0 saturated heterocycles. The first-order chi connectivity index (χ1) is 12.1. The number of azide groups is 1. The van der Waals surface area contributed by atoms with Crippen LogP contribution in [0.1, 0.15) is 18.9 Å². The molecule has 0 aliphatic rings. The minimum absolute atomic E-state index is 0.0515. The largest absolute Gasteiger partial charge is 0.469 e. The molecule has 0 fully saturated rings. The molecule has 0 aromatic carbocycles. The number of carbonyl (C=O) groups excluding carboxylic acids is 2. The molecule has 2 heterocycles. The summed E-state index contributed by atoms with van der Waals surface area (Å²) in [5.74, 6) is -1.00. The third kappa shape index (κ3) is 4.32. The lowest BCUT2D eigenvalue weighted by Crippen LogP contribution is -2.27. The van der Waals surface area contributed by atoms with Crippen LogP contribution in [0.4, 0.5) is 0 Å². The van der Waals surface area contributed by atoms with Crippen molar-refractivity contribution in [2.75, 3.05) is 14.2 Å². The molecule has 2 rings (SSSR count). The van der Waals surface area contributed by atoms with Gasteiger partial charge in [0.15, 0.2) is 6.04 Å². The zero-order valence-corrected chi connectivity index (χ0v) is 13.6. The van der Waals surface area contributed by atoms with Gasteiger partial charge in [-0.2, -0.15) is 0 Å². The lowest BCUT2D eigenvalue weighted by Gasteiger charge is -2.15. The van der Waals surface area contributed by atoms with E-state index in [4.69, 9.17) is 10.3 Å². The number of hydrogen-bond donors (Lipinski definition) is 1. The molecular formula is C13H16N8O4. The molecule has 12 nitrogen and oxygen atoms in total. The van der Waals surface area contributed by atoms with Crippen LogP contribution >= 0.6 is 0 Å². The molecule has 0 aliphatic carbocycles. The third-order valence-electron chi connectivity index (χ3n) is 3.40. The fourth-order valence-electron chi connectivity index (χ4n) is 2.13. The number of ether oxygens (including phenoxy) is 2. The van der Waals surface area contributed by atoms with Gasteiger partial charge in [0, 0.05) is 11.1 Å². The summed E-state index contributed by atoms with van der Waals surface area (Å²) in [6.45, 7) is 0. The van der Waals surface area contributed by atoms with E-state index in [2.05, 4.69) is 35.2 Å². The molecule has 2 atom stereocenters. The van der Waals surface area contributed by atoms with Crippen molar-refractivity contribution in [3.63, 3.8) is 0 Å². The molecule has 1 N–H and O–H groups in total. The van der Waals surface area contributed by atoms with Crippen molar-refractivity contribution < 1.29 is 19.1 Å². The van der Waals surface area contributed by atoms with E-state index in [0.717, 1.165) is 4.80 Å². The summed E-state index contributed by atoms with van der Waals surface area (Å²) in [5, 5.41) is 15.3. The average molecular weight is 348 g/mol. The Labute approximate surface area is 141 Å². The van der Waals surface area contributed by atoms with Crippen LogP contribution in [0.3, 0.4) is 0 Å². The Balaban J connectivity index is 2.18. The molecule has 25 heavy (non-hydrogen) atoms. The molecule has 2 aromatic rings. The molecule has 0 radical (unpaired) electrons. The van der Waals surface area contributed by atoms with Crippen LogP contribution < -0.4 is 0 Å². The van der Waals surface area contributed by atoms with Crippen molar-refractivity contribution in [1.82, 2.24) is 25.2 Å². The Morgan fingerprint density at radius 2 is 2.12 bits per heavy atom. The molecule has 132 valence electrons. The van der Waals surface area contributed by atoms with Crippen molar-refractivity contribution in [2.45, 2.75) is 24.9 Å². The standard InChI is InChI=1S/C13H16N8O4/c1-24-12(22)9(16-19-14)5-6-10(13(23)25-2)21-18-11(17-20-21)8-4-3-7-15-8/h3-4,7,9-10,15H,5-6H2,1-2H3. The highest BCUT2D eigenvalue weighted by molar-refractivity contribution is 5.76. The van der Waals surface area contributed by atoms with Gasteiger partial charge in [0.1, 0.15) is 6.04 Å². The minimum Gasteiger partial charge on any atom is -0.469 e. The predicted octanol–water partition coefficient (Wildman–Crippen LogP) is 1.01. The number of methoxy groups -OCH3 is 2. The van der Waals surface area contributed by atoms with Gasteiger partial charge in [-0.25, -0.2) is 4.79 Å². The molecule has 0 spiro atoms. The maximum Gasteiger partial charge on any atom is 0.332 e. The van der Waals surface area contributed by atoms with E-state index in [0.29, 0.717) is 11.5 Å². The lowest BCUT2D eigenvalue weighted by molar-refractivity contribution is -0.147. The SMILES string of the molecule is COC(=O)C(CCC(C(=O)OC)n1nnc(-c2ccc[nH]2)n1)N=[N+]=[N-]. The topological polar surface area (TPSA) is 161 Å². The maximum atomic E-state index is 12.0. The first kappa shape index (κ1) is 17.9. The van der Waals surface area contributed by atoms with Crippen LogP contribution in [0.25, 0.3) is 22.0 Å². The van der Waals surface area contributed by atoms with E-state index in [1.807, 2.05) is 0 Å². The van der Waals surface area contributed by atoms with E-state index in [1.165, 1.54) is 14.2 Å². The van der Waals surface area contributed by atoms with E-state index < -0.39 is 24.0 Å². The molecular weight excluding hydrogens is 332 g/mol. The van der Waals surface area contributed by atoms with Crippen molar-refractivity contribution in [3.8, 4) is 11.5 Å². The first-order valence-electron chi connectivity index (χ1n) is 7.23. The number of esters is 2. The smallest absolute Gasteiger partial charge is 0.332 e. The lowest BCUT2D eigenvalue weighted by atomic mass is 10.1. The highest BCUT2D eigenvalue weighted by atomic mass is 16.5. The van der Waals surface area contributed by atoms with Crippen molar-refractivity contribution in [3.05, 3.63) is 28.8 Å². The van der Waals surface area contributed by atoms with Gasteiger partial charge in [-0.15, -0.1) is 15.0 Å². The third-order valence-corrected chi connectivity index (χ3v) is 3.40. The number of tetrazole rings is 1. The van der Waals surface area contributed by atoms with Crippen LogP contribution in [-0.4, -0.2) is 57.4 Å². The average Bonchev–Trinajstić information content (AvgIpc) is 3.31. The molecule has 2 aromatic heterocycles. The summed E-state index contributed by atoms with van der Waals surface area (Å²) in [6, 6.07) is 1.54. The highest BCUT2D eigenvalue weighted by Gasteiger charge is 2.28. The number of H-pyrrole nitrogens is 1. The molecule has 0 aliphatic heterocycles. The van der Waals surface area contributed by atoms with Crippen LogP contribution in [0.2, 0.25) is 0 Å². The van der Waals surface area contributed by atoms with Gasteiger partial charge in [-0.1, -0.05) is 5.11 Å². The number of rotatable bonds is 8. The fourth-order valence-corrected chi connectivity index (χ4v) is 2.13. The molecule has 2 unspecified atom stereocenters. The number of aromatic amines is 1. The van der Waals surface area contributed by atoms with Crippen molar-refractivity contribution >= 4 is 11.9 Å². The van der Waals surface area contributed by atoms with Crippen molar-refractivity contribution in [2.24, 2.45) is 5.11 Å². The van der Waals surface area contributed by atoms with Gasteiger partial charge in [-0.05, 0) is 35.7 Å². The van der Waals surface area contributed by atoms with Gasteiger partial charge in [-0.3, -0.25) is 4.79 Å². The number of hydrogen-bond acceptors (Lipinski definition) is 8. The second kappa shape index (κ2) is 8.45. The number of carbonyl (C=O) groups is 2. The molecule has 0 amide bonds. The summed E-state index contributed by atoms with van der Waals surface area (Å²) < 4.78 is 9.32. The Morgan fingerprint density at radius 3 is 2.72 bits per heavy atom. The second-order valence-corrected chi connectivity index (χ2v) is 4.88. The van der Waals surface area contributed by atoms with Crippen LogP contribution in [0.15, 0.2) is 23.4 Å². The summed E-state index contributed by atoms with van der Waals surface area (Å²) >= 11 is 0.